The van der Waals surface area contributed by atoms with Gasteiger partial charge in [0.05, 0.1) is 33.8 Å². The van der Waals surface area contributed by atoms with E-state index in [2.05, 4.69) is 21.2 Å². The number of aromatic nitrogens is 1. The summed E-state index contributed by atoms with van der Waals surface area (Å²) < 4.78 is 6.00. The molecule has 1 N–H and O–H groups in total. The lowest BCUT2D eigenvalue weighted by Gasteiger charge is -2.12. The molecule has 0 aliphatic heterocycles. The monoisotopic (exact) mass is 550 g/mol. The van der Waals surface area contributed by atoms with Crippen LogP contribution in [0, 0.1) is 13.8 Å². The quantitative estimate of drug-likeness (QED) is 0.207. The molecule has 8 heteroatoms. The van der Waals surface area contributed by atoms with Gasteiger partial charge in [0.2, 0.25) is 0 Å². The number of pyridine rings is 1. The number of amides is 1. The van der Waals surface area contributed by atoms with E-state index in [1.807, 2.05) is 49.4 Å². The van der Waals surface area contributed by atoms with E-state index in [1.54, 1.807) is 19.9 Å². The predicted molar refractivity (Wildman–Crippen MR) is 143 cm³/mol. The molecule has 0 unspecified atom stereocenters. The topological polar surface area (TPSA) is 85.4 Å². The average molecular weight is 551 g/mol. The summed E-state index contributed by atoms with van der Waals surface area (Å²) in [5.74, 6) is -1.17. The zero-order valence-corrected chi connectivity index (χ0v) is 22.1. The number of carbonyl (C=O) groups is 3. The summed E-state index contributed by atoms with van der Waals surface area (Å²) in [6.45, 7) is 7.01. The third-order valence-corrected chi connectivity index (χ3v) is 7.34. The van der Waals surface area contributed by atoms with E-state index in [1.165, 1.54) is 6.92 Å². The summed E-state index contributed by atoms with van der Waals surface area (Å²) in [5.41, 5.74) is 4.42. The van der Waals surface area contributed by atoms with Crippen molar-refractivity contribution in [3.05, 3.63) is 80.1 Å². The van der Waals surface area contributed by atoms with Crippen molar-refractivity contribution in [3.8, 4) is 11.3 Å². The van der Waals surface area contributed by atoms with Crippen LogP contribution < -0.4 is 5.32 Å². The number of hydrogen-bond donors (Lipinski definition) is 1. The van der Waals surface area contributed by atoms with Gasteiger partial charge < -0.3 is 10.1 Å². The Morgan fingerprint density at radius 3 is 2.43 bits per heavy atom. The van der Waals surface area contributed by atoms with Crippen LogP contribution in [0.1, 0.15) is 55.4 Å². The van der Waals surface area contributed by atoms with Crippen LogP contribution in [-0.4, -0.2) is 29.3 Å². The number of halogens is 1. The Kier molecular flexibility index (Phi) is 7.14. The molecule has 0 aliphatic rings. The molecule has 2 aromatic carbocycles. The zero-order chi connectivity index (χ0) is 25.3. The number of benzene rings is 2. The fourth-order valence-electron chi connectivity index (χ4n) is 3.81. The van der Waals surface area contributed by atoms with Crippen molar-refractivity contribution < 1.29 is 19.1 Å². The molecule has 0 atom stereocenters. The maximum atomic E-state index is 13.6. The van der Waals surface area contributed by atoms with Crippen LogP contribution in [-0.2, 0) is 4.74 Å². The van der Waals surface area contributed by atoms with Crippen molar-refractivity contribution in [1.29, 1.82) is 0 Å². The fourth-order valence-corrected chi connectivity index (χ4v) is 5.26. The standard InChI is InChI=1S/C27H23BrN2O4S/c1-5-34-27(33)23-15(3)24(16(4)31)35-26(23)30-25(32)20-13-22(17-8-6-14(2)7-9-17)29-21-11-10-18(28)12-19(20)21/h6-13H,5H2,1-4H3,(H,30,32). The molecule has 0 fully saturated rings. The van der Waals surface area contributed by atoms with Gasteiger partial charge >= 0.3 is 5.97 Å². The van der Waals surface area contributed by atoms with E-state index in [0.29, 0.717) is 32.6 Å². The van der Waals surface area contributed by atoms with Crippen LogP contribution in [0.5, 0.6) is 0 Å². The van der Waals surface area contributed by atoms with Gasteiger partial charge in [-0.1, -0.05) is 45.8 Å². The van der Waals surface area contributed by atoms with Crippen molar-refractivity contribution in [2.24, 2.45) is 0 Å². The van der Waals surface area contributed by atoms with Gasteiger partial charge in [0.1, 0.15) is 5.00 Å². The second-order valence-electron chi connectivity index (χ2n) is 8.07. The first-order valence-corrected chi connectivity index (χ1v) is 12.6. The van der Waals surface area contributed by atoms with E-state index in [4.69, 9.17) is 9.72 Å². The number of ketones is 1. The highest BCUT2D eigenvalue weighted by Gasteiger charge is 2.26. The highest BCUT2D eigenvalue weighted by Crippen LogP contribution is 2.35. The van der Waals surface area contributed by atoms with Crippen LogP contribution >= 0.6 is 27.3 Å². The van der Waals surface area contributed by atoms with E-state index in [-0.39, 0.29) is 23.0 Å². The van der Waals surface area contributed by atoms with Gasteiger partial charge in [-0.15, -0.1) is 11.3 Å². The molecule has 35 heavy (non-hydrogen) atoms. The Bertz CT molecular complexity index is 1480. The molecule has 4 aromatic rings. The summed E-state index contributed by atoms with van der Waals surface area (Å²) in [6.07, 6.45) is 0. The molecule has 0 bridgehead atoms. The average Bonchev–Trinajstić information content (AvgIpc) is 3.15. The zero-order valence-electron chi connectivity index (χ0n) is 19.7. The minimum atomic E-state index is -0.577. The minimum Gasteiger partial charge on any atom is -0.462 e. The number of nitrogens with zero attached hydrogens (tertiary/aromatic N) is 1. The number of hydrogen-bond acceptors (Lipinski definition) is 6. The smallest absolute Gasteiger partial charge is 0.341 e. The lowest BCUT2D eigenvalue weighted by Crippen LogP contribution is -2.15. The number of fused-ring (bicyclic) bond motifs is 1. The molecular weight excluding hydrogens is 528 g/mol. The fraction of sp³-hybridized carbons (Fsp3) is 0.185. The van der Waals surface area contributed by atoms with Crippen molar-refractivity contribution in [2.75, 3.05) is 11.9 Å². The van der Waals surface area contributed by atoms with Gasteiger partial charge in [0, 0.05) is 15.4 Å². The summed E-state index contributed by atoms with van der Waals surface area (Å²) in [5, 5.41) is 3.81. The molecule has 0 spiro atoms. The van der Waals surface area contributed by atoms with Crippen LogP contribution in [0.25, 0.3) is 22.2 Å². The first kappa shape index (κ1) is 24.8. The Labute approximate surface area is 215 Å². The van der Waals surface area contributed by atoms with E-state index < -0.39 is 11.9 Å². The number of carbonyl (C=O) groups excluding carboxylic acids is 3. The van der Waals surface area contributed by atoms with E-state index >= 15 is 0 Å². The molecule has 0 saturated carbocycles. The van der Waals surface area contributed by atoms with Gasteiger partial charge in [-0.25, -0.2) is 9.78 Å². The van der Waals surface area contributed by atoms with Gasteiger partial charge in [-0.3, -0.25) is 9.59 Å². The number of esters is 1. The predicted octanol–water partition coefficient (Wildman–Crippen LogP) is 6.97. The molecule has 2 aromatic heterocycles. The number of Topliss-reactive ketones (excluding diaryl/α,β-unsaturated/α-hetero) is 1. The SMILES string of the molecule is CCOC(=O)c1c(NC(=O)c2cc(-c3ccc(C)cc3)nc3ccc(Br)cc23)sc(C(C)=O)c1C. The first-order valence-electron chi connectivity index (χ1n) is 11.0. The number of aryl methyl sites for hydroxylation is 1. The third kappa shape index (κ3) is 5.04. The summed E-state index contributed by atoms with van der Waals surface area (Å²) >= 11 is 4.55. The molecule has 1 amide bonds. The number of ether oxygens (including phenoxy) is 1. The second-order valence-corrected chi connectivity index (χ2v) is 10.0. The Morgan fingerprint density at radius 1 is 1.06 bits per heavy atom. The summed E-state index contributed by atoms with van der Waals surface area (Å²) in [6, 6.07) is 15.2. The number of nitrogens with one attached hydrogen (secondary N) is 1. The highest BCUT2D eigenvalue weighted by molar-refractivity contribution is 9.10. The number of rotatable bonds is 6. The van der Waals surface area contributed by atoms with Crippen molar-refractivity contribution in [2.45, 2.75) is 27.7 Å². The molecule has 0 radical (unpaired) electrons. The molecule has 178 valence electrons. The lowest BCUT2D eigenvalue weighted by atomic mass is 10.0. The number of anilines is 1. The van der Waals surface area contributed by atoms with E-state index in [0.717, 1.165) is 26.9 Å². The Balaban J connectivity index is 1.84. The van der Waals surface area contributed by atoms with Gasteiger partial charge in [0.15, 0.2) is 5.78 Å². The van der Waals surface area contributed by atoms with Crippen LogP contribution in [0.4, 0.5) is 5.00 Å². The first-order chi connectivity index (χ1) is 16.7. The number of thiophene rings is 1. The molecule has 0 aliphatic carbocycles. The van der Waals surface area contributed by atoms with Crippen LogP contribution in [0.15, 0.2) is 53.0 Å². The van der Waals surface area contributed by atoms with Crippen molar-refractivity contribution in [1.82, 2.24) is 4.98 Å². The minimum absolute atomic E-state index is 0.180. The van der Waals surface area contributed by atoms with Gasteiger partial charge in [0.25, 0.3) is 5.91 Å². The van der Waals surface area contributed by atoms with E-state index in [9.17, 15) is 14.4 Å². The molecule has 0 saturated heterocycles. The van der Waals surface area contributed by atoms with Gasteiger partial charge in [-0.05, 0) is 57.5 Å². The summed E-state index contributed by atoms with van der Waals surface area (Å²) in [7, 11) is 0. The molecule has 2 heterocycles. The summed E-state index contributed by atoms with van der Waals surface area (Å²) in [4.78, 5) is 43.6. The van der Waals surface area contributed by atoms with Gasteiger partial charge in [-0.2, -0.15) is 0 Å². The van der Waals surface area contributed by atoms with Crippen LogP contribution in [0.3, 0.4) is 0 Å². The lowest BCUT2D eigenvalue weighted by molar-refractivity contribution is 0.0527. The highest BCUT2D eigenvalue weighted by atomic mass is 79.9. The van der Waals surface area contributed by atoms with Crippen molar-refractivity contribution >= 4 is 60.8 Å². The molecular formula is C27H23BrN2O4S. The largest absolute Gasteiger partial charge is 0.462 e. The maximum Gasteiger partial charge on any atom is 0.341 e. The molecule has 4 rings (SSSR count). The molecule has 6 nitrogen and oxygen atoms in total. The normalized spacial score (nSPS) is 10.9. The third-order valence-electron chi connectivity index (χ3n) is 5.54. The Hall–Kier alpha value is -3.36. The maximum absolute atomic E-state index is 13.6. The second kappa shape index (κ2) is 10.1. The van der Waals surface area contributed by atoms with Crippen LogP contribution in [0.2, 0.25) is 0 Å². The Morgan fingerprint density at radius 2 is 1.77 bits per heavy atom. The van der Waals surface area contributed by atoms with Crippen molar-refractivity contribution in [3.63, 3.8) is 0 Å².